The fourth-order valence-electron chi connectivity index (χ4n) is 2.65. The van der Waals surface area contributed by atoms with E-state index < -0.39 is 0 Å². The highest BCUT2D eigenvalue weighted by Gasteiger charge is 2.37. The molecule has 1 fully saturated rings. The zero-order chi connectivity index (χ0) is 13.9. The third kappa shape index (κ3) is 2.89. The van der Waals surface area contributed by atoms with Crippen molar-refractivity contribution in [2.75, 3.05) is 18.4 Å². The molecule has 1 aromatic carbocycles. The summed E-state index contributed by atoms with van der Waals surface area (Å²) < 4.78 is 0. The van der Waals surface area contributed by atoms with Gasteiger partial charge in [0.2, 0.25) is 5.91 Å². The number of rotatable bonds is 3. The van der Waals surface area contributed by atoms with Crippen LogP contribution in [0, 0.1) is 12.3 Å². The van der Waals surface area contributed by atoms with Gasteiger partial charge in [-0.3, -0.25) is 4.79 Å². The minimum atomic E-state index is -0.304. The molecule has 19 heavy (non-hydrogen) atoms. The van der Waals surface area contributed by atoms with E-state index in [2.05, 4.69) is 17.6 Å². The zero-order valence-corrected chi connectivity index (χ0v) is 11.6. The van der Waals surface area contributed by atoms with Crippen LogP contribution in [0.3, 0.4) is 0 Å². The quantitative estimate of drug-likeness (QED) is 0.733. The molecule has 1 heterocycles. The molecule has 0 aliphatic carbocycles. The summed E-state index contributed by atoms with van der Waals surface area (Å²) in [6.07, 6.45) is 2.52. The number of hydrogen-bond acceptors (Lipinski definition) is 3. The number of phenolic OH excluding ortho intramolecular Hbond substituents is 1. The fourth-order valence-corrected chi connectivity index (χ4v) is 2.65. The lowest BCUT2D eigenvalue weighted by atomic mass is 9.76. The maximum Gasteiger partial charge on any atom is 0.230 e. The van der Waals surface area contributed by atoms with E-state index in [0.29, 0.717) is 5.69 Å². The van der Waals surface area contributed by atoms with Crippen molar-refractivity contribution in [2.24, 2.45) is 5.41 Å². The summed E-state index contributed by atoms with van der Waals surface area (Å²) in [5, 5.41) is 16.0. The van der Waals surface area contributed by atoms with Crippen LogP contribution in [0.5, 0.6) is 5.75 Å². The molecule has 0 unspecified atom stereocenters. The third-order valence-electron chi connectivity index (χ3n) is 4.12. The van der Waals surface area contributed by atoms with Gasteiger partial charge in [-0.05, 0) is 57.0 Å². The predicted octanol–water partition coefficient (Wildman–Crippen LogP) is 2.42. The number of amides is 1. The van der Waals surface area contributed by atoms with Crippen LogP contribution in [0.15, 0.2) is 18.2 Å². The Bertz CT molecular complexity index is 465. The lowest BCUT2D eigenvalue weighted by Crippen LogP contribution is -2.44. The first-order valence-electron chi connectivity index (χ1n) is 6.89. The average molecular weight is 262 g/mol. The standard InChI is InChI=1S/C15H22N2O2/c1-3-15(6-8-16-9-7-15)14(19)17-12-10-11(2)4-5-13(12)18/h4-5,10,16,18H,3,6-9H2,1-2H3,(H,17,19). The molecule has 1 aromatic rings. The number of benzene rings is 1. The van der Waals surface area contributed by atoms with Gasteiger partial charge in [0.1, 0.15) is 5.75 Å². The first-order valence-corrected chi connectivity index (χ1v) is 6.89. The van der Waals surface area contributed by atoms with Crippen molar-refractivity contribution in [2.45, 2.75) is 33.1 Å². The van der Waals surface area contributed by atoms with E-state index in [9.17, 15) is 9.90 Å². The number of hydrogen-bond donors (Lipinski definition) is 3. The first kappa shape index (κ1) is 13.9. The predicted molar refractivity (Wildman–Crippen MR) is 76.3 cm³/mol. The Morgan fingerprint density at radius 3 is 2.74 bits per heavy atom. The molecule has 2 rings (SSSR count). The van der Waals surface area contributed by atoms with Crippen molar-refractivity contribution in [3.05, 3.63) is 23.8 Å². The number of carbonyl (C=O) groups is 1. The van der Waals surface area contributed by atoms with Crippen LogP contribution in [-0.4, -0.2) is 24.1 Å². The topological polar surface area (TPSA) is 61.4 Å². The lowest BCUT2D eigenvalue weighted by Gasteiger charge is -2.35. The molecule has 0 bridgehead atoms. The Balaban J connectivity index is 2.17. The summed E-state index contributed by atoms with van der Waals surface area (Å²) in [7, 11) is 0. The molecular formula is C15H22N2O2. The maximum atomic E-state index is 12.5. The van der Waals surface area contributed by atoms with E-state index in [1.165, 1.54) is 0 Å². The molecule has 0 atom stereocenters. The maximum absolute atomic E-state index is 12.5. The summed E-state index contributed by atoms with van der Waals surface area (Å²) >= 11 is 0. The molecule has 0 saturated carbocycles. The van der Waals surface area contributed by atoms with E-state index in [0.717, 1.165) is 37.9 Å². The molecule has 1 aliphatic rings. The highest BCUT2D eigenvalue weighted by molar-refractivity contribution is 5.96. The summed E-state index contributed by atoms with van der Waals surface area (Å²) in [6, 6.07) is 5.24. The second-order valence-corrected chi connectivity index (χ2v) is 5.36. The normalized spacial score (nSPS) is 18.0. The lowest BCUT2D eigenvalue weighted by molar-refractivity contribution is -0.127. The van der Waals surface area contributed by atoms with Gasteiger partial charge in [0.05, 0.1) is 11.1 Å². The van der Waals surface area contributed by atoms with Gasteiger partial charge in [-0.25, -0.2) is 0 Å². The highest BCUT2D eigenvalue weighted by atomic mass is 16.3. The van der Waals surface area contributed by atoms with E-state index in [4.69, 9.17) is 0 Å². The third-order valence-corrected chi connectivity index (χ3v) is 4.12. The number of carbonyl (C=O) groups excluding carboxylic acids is 1. The van der Waals surface area contributed by atoms with Gasteiger partial charge in [-0.15, -0.1) is 0 Å². The minimum absolute atomic E-state index is 0.0254. The van der Waals surface area contributed by atoms with Crippen LogP contribution in [0.25, 0.3) is 0 Å². The molecule has 1 saturated heterocycles. The van der Waals surface area contributed by atoms with Crippen molar-refractivity contribution in [1.82, 2.24) is 5.32 Å². The van der Waals surface area contributed by atoms with Gasteiger partial charge >= 0.3 is 0 Å². The van der Waals surface area contributed by atoms with Crippen molar-refractivity contribution in [1.29, 1.82) is 0 Å². The van der Waals surface area contributed by atoms with Crippen LogP contribution >= 0.6 is 0 Å². The smallest absolute Gasteiger partial charge is 0.230 e. The molecule has 4 nitrogen and oxygen atoms in total. The summed E-state index contributed by atoms with van der Waals surface area (Å²) in [4.78, 5) is 12.5. The molecule has 0 aromatic heterocycles. The second-order valence-electron chi connectivity index (χ2n) is 5.36. The molecule has 104 valence electrons. The summed E-state index contributed by atoms with van der Waals surface area (Å²) in [5.74, 6) is 0.150. The van der Waals surface area contributed by atoms with Crippen LogP contribution < -0.4 is 10.6 Å². The summed E-state index contributed by atoms with van der Waals surface area (Å²) in [6.45, 7) is 5.75. The van der Waals surface area contributed by atoms with E-state index in [-0.39, 0.29) is 17.1 Å². The van der Waals surface area contributed by atoms with Crippen LogP contribution in [-0.2, 0) is 4.79 Å². The Morgan fingerprint density at radius 1 is 1.42 bits per heavy atom. The van der Waals surface area contributed by atoms with Crippen LogP contribution in [0.4, 0.5) is 5.69 Å². The van der Waals surface area contributed by atoms with E-state index in [1.54, 1.807) is 12.1 Å². The van der Waals surface area contributed by atoms with Crippen molar-refractivity contribution < 1.29 is 9.90 Å². The number of piperidine rings is 1. The van der Waals surface area contributed by atoms with Gasteiger partial charge in [0.25, 0.3) is 0 Å². The molecule has 3 N–H and O–H groups in total. The Kier molecular flexibility index (Phi) is 4.10. The molecule has 0 spiro atoms. The van der Waals surface area contributed by atoms with Crippen LogP contribution in [0.1, 0.15) is 31.7 Å². The number of anilines is 1. The van der Waals surface area contributed by atoms with Crippen molar-refractivity contribution >= 4 is 11.6 Å². The van der Waals surface area contributed by atoms with Gasteiger partial charge in [-0.2, -0.15) is 0 Å². The Hall–Kier alpha value is -1.55. The first-order chi connectivity index (χ1) is 9.07. The highest BCUT2D eigenvalue weighted by Crippen LogP contribution is 2.35. The molecule has 1 aliphatic heterocycles. The average Bonchev–Trinajstić information content (AvgIpc) is 2.43. The molecule has 1 amide bonds. The SMILES string of the molecule is CCC1(C(=O)Nc2cc(C)ccc2O)CCNCC1. The van der Waals surface area contributed by atoms with E-state index >= 15 is 0 Å². The van der Waals surface area contributed by atoms with Gasteiger partial charge in [-0.1, -0.05) is 13.0 Å². The van der Waals surface area contributed by atoms with Gasteiger partial charge < -0.3 is 15.7 Å². The van der Waals surface area contributed by atoms with Gasteiger partial charge in [0, 0.05) is 0 Å². The second kappa shape index (κ2) is 5.61. The number of phenols is 1. The zero-order valence-electron chi connectivity index (χ0n) is 11.6. The van der Waals surface area contributed by atoms with Crippen LogP contribution in [0.2, 0.25) is 0 Å². The Labute approximate surface area is 114 Å². The summed E-state index contributed by atoms with van der Waals surface area (Å²) in [5.41, 5.74) is 1.22. The molecular weight excluding hydrogens is 240 g/mol. The Morgan fingerprint density at radius 2 is 2.11 bits per heavy atom. The van der Waals surface area contributed by atoms with Gasteiger partial charge in [0.15, 0.2) is 0 Å². The molecule has 4 heteroatoms. The minimum Gasteiger partial charge on any atom is -0.506 e. The number of aryl methyl sites for hydroxylation is 1. The fraction of sp³-hybridized carbons (Fsp3) is 0.533. The molecule has 0 radical (unpaired) electrons. The van der Waals surface area contributed by atoms with E-state index in [1.807, 2.05) is 13.0 Å². The number of nitrogens with one attached hydrogen (secondary N) is 2. The monoisotopic (exact) mass is 262 g/mol. The van der Waals surface area contributed by atoms with Crippen molar-refractivity contribution in [3.63, 3.8) is 0 Å². The number of aromatic hydroxyl groups is 1. The van der Waals surface area contributed by atoms with Crippen molar-refractivity contribution in [3.8, 4) is 5.75 Å². The largest absolute Gasteiger partial charge is 0.506 e.